The molecule has 0 saturated carbocycles. The number of nitrogens with two attached hydrogens (primary N) is 1. The third-order valence-corrected chi connectivity index (χ3v) is 1.20. The molecule has 0 bridgehead atoms. The van der Waals surface area contributed by atoms with Crippen LogP contribution in [-0.4, -0.2) is 17.1 Å². The first kappa shape index (κ1) is 8.43. The van der Waals surface area contributed by atoms with Crippen molar-refractivity contribution >= 4 is 5.97 Å². The van der Waals surface area contributed by atoms with Crippen LogP contribution in [0.1, 0.15) is 20.8 Å². The van der Waals surface area contributed by atoms with Gasteiger partial charge in [0.25, 0.3) is 0 Å². The SMILES string of the molecule is CC(C)(C)C(N)[13C](=O)O. The summed E-state index contributed by atoms with van der Waals surface area (Å²) < 4.78 is 0. The summed E-state index contributed by atoms with van der Waals surface area (Å²) in [6, 6.07) is -0.766. The second-order valence-electron chi connectivity index (χ2n) is 3.18. The van der Waals surface area contributed by atoms with Crippen LogP contribution in [0.25, 0.3) is 0 Å². The molecule has 0 spiro atoms. The lowest BCUT2D eigenvalue weighted by Crippen LogP contribution is -2.41. The highest BCUT2D eigenvalue weighted by Crippen LogP contribution is 2.16. The molecular formula is C6H13NO2. The summed E-state index contributed by atoms with van der Waals surface area (Å²) in [4.78, 5) is 10.2. The molecule has 3 N–H and O–H groups in total. The normalized spacial score (nSPS) is 15.1. The molecule has 0 aromatic carbocycles. The van der Waals surface area contributed by atoms with Crippen LogP contribution in [0.3, 0.4) is 0 Å². The first-order valence-electron chi connectivity index (χ1n) is 2.84. The number of aliphatic carboxylic acids is 1. The highest BCUT2D eigenvalue weighted by molar-refractivity contribution is 5.74. The van der Waals surface area contributed by atoms with E-state index in [1.165, 1.54) is 0 Å². The van der Waals surface area contributed by atoms with Gasteiger partial charge in [-0.15, -0.1) is 0 Å². The van der Waals surface area contributed by atoms with Crippen LogP contribution < -0.4 is 5.73 Å². The van der Waals surface area contributed by atoms with Crippen LogP contribution in [0, 0.1) is 5.41 Å². The van der Waals surface area contributed by atoms with E-state index in [-0.39, 0.29) is 5.41 Å². The van der Waals surface area contributed by atoms with Crippen molar-refractivity contribution in [3.63, 3.8) is 0 Å². The minimum atomic E-state index is -0.942. The minimum Gasteiger partial charge on any atom is -0.480 e. The van der Waals surface area contributed by atoms with Crippen molar-refractivity contribution in [2.45, 2.75) is 26.8 Å². The maximum absolute atomic E-state index is 10.2. The van der Waals surface area contributed by atoms with E-state index in [0.717, 1.165) is 0 Å². The molecule has 0 aliphatic rings. The lowest BCUT2D eigenvalue weighted by molar-refractivity contribution is -0.141. The second kappa shape index (κ2) is 2.35. The number of carboxylic acids is 1. The van der Waals surface area contributed by atoms with Gasteiger partial charge in [-0.1, -0.05) is 20.8 Å². The maximum atomic E-state index is 10.2. The first-order valence-corrected chi connectivity index (χ1v) is 2.84. The van der Waals surface area contributed by atoms with Crippen molar-refractivity contribution < 1.29 is 9.90 Å². The van der Waals surface area contributed by atoms with Crippen LogP contribution >= 0.6 is 0 Å². The van der Waals surface area contributed by atoms with Crippen LogP contribution in [0.2, 0.25) is 0 Å². The lowest BCUT2D eigenvalue weighted by atomic mass is 9.92. The van der Waals surface area contributed by atoms with E-state index in [4.69, 9.17) is 10.8 Å². The van der Waals surface area contributed by atoms with Crippen LogP contribution in [0.4, 0.5) is 0 Å². The van der Waals surface area contributed by atoms with E-state index < -0.39 is 12.0 Å². The number of hydrogen-bond acceptors (Lipinski definition) is 2. The van der Waals surface area contributed by atoms with Crippen molar-refractivity contribution in [3.8, 4) is 0 Å². The zero-order chi connectivity index (χ0) is 7.65. The van der Waals surface area contributed by atoms with E-state index >= 15 is 0 Å². The highest BCUT2D eigenvalue weighted by Gasteiger charge is 2.26. The molecular weight excluding hydrogens is 119 g/mol. The van der Waals surface area contributed by atoms with Crippen molar-refractivity contribution in [1.29, 1.82) is 0 Å². The Kier molecular flexibility index (Phi) is 2.20. The van der Waals surface area contributed by atoms with E-state index in [1.54, 1.807) is 20.8 Å². The molecule has 0 aromatic rings. The summed E-state index contributed by atoms with van der Waals surface area (Å²) in [5.41, 5.74) is 4.95. The van der Waals surface area contributed by atoms with Crippen LogP contribution in [-0.2, 0) is 4.79 Å². The maximum Gasteiger partial charge on any atom is 0.321 e. The molecule has 3 heteroatoms. The molecule has 0 aliphatic carbocycles. The molecule has 3 nitrogen and oxygen atoms in total. The molecule has 0 aromatic heterocycles. The Morgan fingerprint density at radius 2 is 1.89 bits per heavy atom. The fraction of sp³-hybridized carbons (Fsp3) is 0.833. The summed E-state index contributed by atoms with van der Waals surface area (Å²) in [6.45, 7) is 5.39. The average Bonchev–Trinajstić information content (AvgIpc) is 1.62. The third kappa shape index (κ3) is 2.46. The van der Waals surface area contributed by atoms with Gasteiger partial charge in [-0.25, -0.2) is 0 Å². The summed E-state index contributed by atoms with van der Waals surface area (Å²) in [6.07, 6.45) is 0. The fourth-order valence-corrected chi connectivity index (χ4v) is 0.370. The van der Waals surface area contributed by atoms with E-state index in [1.807, 2.05) is 0 Å². The standard InChI is InChI=1S/C6H13NO2/c1-6(2,3)4(7)5(8)9/h4H,7H2,1-3H3,(H,8,9)/i5+1. The van der Waals surface area contributed by atoms with Crippen molar-refractivity contribution in [1.82, 2.24) is 0 Å². The molecule has 0 saturated heterocycles. The van der Waals surface area contributed by atoms with Gasteiger partial charge in [0.2, 0.25) is 0 Å². The minimum absolute atomic E-state index is 0.341. The van der Waals surface area contributed by atoms with Gasteiger partial charge in [0, 0.05) is 0 Å². The monoisotopic (exact) mass is 132 g/mol. The molecule has 9 heavy (non-hydrogen) atoms. The van der Waals surface area contributed by atoms with Crippen molar-refractivity contribution in [2.75, 3.05) is 0 Å². The topological polar surface area (TPSA) is 63.3 Å². The summed E-state index contributed by atoms with van der Waals surface area (Å²) in [7, 11) is 0. The summed E-state index contributed by atoms with van der Waals surface area (Å²) in [5.74, 6) is -0.942. The number of hydrogen-bond donors (Lipinski definition) is 2. The number of carbonyl (C=O) groups is 1. The van der Waals surface area contributed by atoms with E-state index in [9.17, 15) is 4.79 Å². The quantitative estimate of drug-likeness (QED) is 0.509. The Morgan fingerprint density at radius 1 is 1.56 bits per heavy atom. The molecule has 0 fully saturated rings. The molecule has 1 unspecified atom stereocenters. The fourth-order valence-electron chi connectivity index (χ4n) is 0.370. The van der Waals surface area contributed by atoms with E-state index in [0.29, 0.717) is 0 Å². The predicted molar refractivity (Wildman–Crippen MR) is 35.1 cm³/mol. The third-order valence-electron chi connectivity index (χ3n) is 1.20. The van der Waals surface area contributed by atoms with Gasteiger partial charge in [0.15, 0.2) is 0 Å². The molecule has 0 rings (SSSR count). The number of rotatable bonds is 1. The van der Waals surface area contributed by atoms with Gasteiger partial charge >= 0.3 is 5.97 Å². The molecule has 0 amide bonds. The largest absolute Gasteiger partial charge is 0.480 e. The lowest BCUT2D eigenvalue weighted by Gasteiger charge is -2.22. The van der Waals surface area contributed by atoms with E-state index in [2.05, 4.69) is 0 Å². The van der Waals surface area contributed by atoms with Gasteiger partial charge in [-0.3, -0.25) is 4.79 Å². The van der Waals surface area contributed by atoms with Crippen LogP contribution in [0.15, 0.2) is 0 Å². The number of carboxylic acid groups (broad SMARTS) is 1. The van der Waals surface area contributed by atoms with Crippen LogP contribution in [0.5, 0.6) is 0 Å². The Labute approximate surface area is 54.9 Å². The first-order chi connectivity index (χ1) is 3.85. The summed E-state index contributed by atoms with van der Waals surface area (Å²) in [5, 5.41) is 8.39. The Balaban J connectivity index is 4.04. The van der Waals surface area contributed by atoms with Crippen molar-refractivity contribution in [2.24, 2.45) is 11.1 Å². The summed E-state index contributed by atoms with van der Waals surface area (Å²) >= 11 is 0. The molecule has 0 radical (unpaired) electrons. The Bertz CT molecular complexity index is 115. The molecule has 0 heterocycles. The van der Waals surface area contributed by atoms with Gasteiger partial charge in [0.1, 0.15) is 6.04 Å². The molecule has 1 atom stereocenters. The smallest absolute Gasteiger partial charge is 0.321 e. The molecule has 0 aliphatic heterocycles. The van der Waals surface area contributed by atoms with Crippen molar-refractivity contribution in [3.05, 3.63) is 0 Å². The van der Waals surface area contributed by atoms with Gasteiger partial charge in [-0.05, 0) is 5.41 Å². The van der Waals surface area contributed by atoms with Gasteiger partial charge < -0.3 is 10.8 Å². The molecule has 54 valence electrons. The zero-order valence-corrected chi connectivity index (χ0v) is 6.01. The zero-order valence-electron chi connectivity index (χ0n) is 6.01. The predicted octanol–water partition coefficient (Wildman–Crippen LogP) is 0.444. The highest BCUT2D eigenvalue weighted by atomic mass is 16.5. The van der Waals surface area contributed by atoms with Gasteiger partial charge in [-0.2, -0.15) is 0 Å². The second-order valence-corrected chi connectivity index (χ2v) is 3.18. The Hall–Kier alpha value is -0.570. The average molecular weight is 132 g/mol. The van der Waals surface area contributed by atoms with Gasteiger partial charge in [0.05, 0.1) is 0 Å². The Morgan fingerprint density at radius 3 is 1.89 bits per heavy atom.